The van der Waals surface area contributed by atoms with E-state index in [9.17, 15) is 18.0 Å². The van der Waals surface area contributed by atoms with Crippen molar-refractivity contribution in [2.45, 2.75) is 57.6 Å². The zero-order valence-electron chi connectivity index (χ0n) is 18.1. The van der Waals surface area contributed by atoms with Crippen LogP contribution in [0.5, 0.6) is 0 Å². The van der Waals surface area contributed by atoms with Crippen LogP contribution in [0.4, 0.5) is 5.69 Å². The number of aryl methyl sites for hydroxylation is 3. The van der Waals surface area contributed by atoms with Crippen LogP contribution in [0.3, 0.4) is 0 Å². The first-order chi connectivity index (χ1) is 14.9. The lowest BCUT2D eigenvalue weighted by Crippen LogP contribution is -2.31. The monoisotopic (exact) mass is 498 g/mol. The van der Waals surface area contributed by atoms with Crippen LogP contribution < -0.4 is 10.0 Å². The molecule has 2 aromatic rings. The van der Waals surface area contributed by atoms with Crippen LogP contribution in [0.15, 0.2) is 29.2 Å². The Morgan fingerprint density at radius 1 is 1.03 bits per heavy atom. The second-order valence-corrected chi connectivity index (χ2v) is 10.5. The minimum atomic E-state index is -3.93. The van der Waals surface area contributed by atoms with E-state index < -0.39 is 28.0 Å². The number of sulfonamides is 1. The lowest BCUT2D eigenvalue weighted by atomic mass is 10.0. The predicted molar refractivity (Wildman–Crippen MR) is 124 cm³/mol. The molecule has 2 N–H and O–H groups in total. The van der Waals surface area contributed by atoms with Gasteiger partial charge in [0.1, 0.15) is 4.90 Å². The Morgan fingerprint density at radius 2 is 1.62 bits per heavy atom. The van der Waals surface area contributed by atoms with Crippen LogP contribution >= 0.6 is 23.2 Å². The van der Waals surface area contributed by atoms with E-state index in [0.717, 1.165) is 35.6 Å². The Hall–Kier alpha value is -2.13. The van der Waals surface area contributed by atoms with E-state index in [1.807, 2.05) is 32.9 Å². The number of amides is 1. The zero-order valence-corrected chi connectivity index (χ0v) is 20.4. The summed E-state index contributed by atoms with van der Waals surface area (Å²) in [5.74, 6) is -1.46. The molecule has 2 aromatic carbocycles. The van der Waals surface area contributed by atoms with Crippen molar-refractivity contribution in [3.8, 4) is 0 Å². The predicted octanol–water partition coefficient (Wildman–Crippen LogP) is 4.54. The highest BCUT2D eigenvalue weighted by molar-refractivity contribution is 7.89. The topological polar surface area (TPSA) is 102 Å². The van der Waals surface area contributed by atoms with E-state index in [4.69, 9.17) is 27.9 Å². The number of ether oxygens (including phenoxy) is 1. The number of nitrogens with one attached hydrogen (secondary N) is 2. The van der Waals surface area contributed by atoms with Gasteiger partial charge in [-0.1, -0.05) is 40.9 Å². The summed E-state index contributed by atoms with van der Waals surface area (Å²) in [4.78, 5) is 25.0. The lowest BCUT2D eigenvalue weighted by Gasteiger charge is -2.17. The van der Waals surface area contributed by atoms with Crippen molar-refractivity contribution in [1.29, 1.82) is 0 Å². The largest absolute Gasteiger partial charge is 0.449 e. The van der Waals surface area contributed by atoms with Gasteiger partial charge in [0.25, 0.3) is 5.91 Å². The molecule has 1 amide bonds. The van der Waals surface area contributed by atoms with Gasteiger partial charge in [-0.2, -0.15) is 0 Å². The summed E-state index contributed by atoms with van der Waals surface area (Å²) >= 11 is 12.2. The maximum atomic E-state index is 12.7. The maximum absolute atomic E-state index is 12.7. The number of esters is 1. The Labute approximate surface area is 197 Å². The maximum Gasteiger partial charge on any atom is 0.340 e. The van der Waals surface area contributed by atoms with Crippen LogP contribution in [0.2, 0.25) is 10.0 Å². The van der Waals surface area contributed by atoms with Crippen molar-refractivity contribution < 1.29 is 22.7 Å². The standard InChI is InChI=1S/C22H24Cl2N2O5S/c1-11-7-12(2)20(13(3)8-11)25-21(27)14(4)31-22(28)16-9-19(18(24)10-17(16)23)32(29,30)26-15-5-6-15/h7-10,14-15,26H,5-6H2,1-4H3,(H,25,27). The number of anilines is 1. The molecule has 1 fully saturated rings. The van der Waals surface area contributed by atoms with Crippen molar-refractivity contribution in [2.75, 3.05) is 5.32 Å². The Kier molecular flexibility index (Phi) is 7.19. The molecule has 32 heavy (non-hydrogen) atoms. The molecule has 1 aliphatic carbocycles. The summed E-state index contributed by atoms with van der Waals surface area (Å²) in [5.41, 5.74) is 3.28. The van der Waals surface area contributed by atoms with Crippen LogP contribution in [0.1, 0.15) is 46.8 Å². The van der Waals surface area contributed by atoms with Gasteiger partial charge in [0.2, 0.25) is 10.0 Å². The summed E-state index contributed by atoms with van der Waals surface area (Å²) in [7, 11) is -3.93. The molecule has 0 spiro atoms. The number of hydrogen-bond donors (Lipinski definition) is 2. The van der Waals surface area contributed by atoms with Crippen molar-refractivity contribution in [2.24, 2.45) is 0 Å². The highest BCUT2D eigenvalue weighted by Gasteiger charge is 2.31. The fourth-order valence-electron chi connectivity index (χ4n) is 3.26. The molecule has 1 unspecified atom stereocenters. The summed E-state index contributed by atoms with van der Waals surface area (Å²) in [6.07, 6.45) is 0.330. The molecule has 0 heterocycles. The zero-order chi connectivity index (χ0) is 23.8. The number of carbonyl (C=O) groups is 2. The summed E-state index contributed by atoms with van der Waals surface area (Å²) in [6, 6.07) is 5.97. The molecule has 0 saturated heterocycles. The van der Waals surface area contributed by atoms with E-state index in [-0.39, 0.29) is 26.5 Å². The molecule has 172 valence electrons. The summed E-state index contributed by atoms with van der Waals surface area (Å²) in [5, 5.41) is 2.58. The highest BCUT2D eigenvalue weighted by atomic mass is 35.5. The van der Waals surface area contributed by atoms with Gasteiger partial charge < -0.3 is 10.1 Å². The number of halogens is 2. The van der Waals surface area contributed by atoms with Crippen molar-refractivity contribution in [1.82, 2.24) is 4.72 Å². The molecule has 10 heteroatoms. The van der Waals surface area contributed by atoms with Gasteiger partial charge in [-0.15, -0.1) is 0 Å². The molecule has 0 aliphatic heterocycles. The molecule has 0 radical (unpaired) electrons. The fraction of sp³-hybridized carbons (Fsp3) is 0.364. The first kappa shape index (κ1) is 24.5. The third kappa shape index (κ3) is 5.61. The second-order valence-electron chi connectivity index (χ2n) is 7.97. The van der Waals surface area contributed by atoms with Crippen LogP contribution in [-0.2, 0) is 19.6 Å². The molecular formula is C22H24Cl2N2O5S. The van der Waals surface area contributed by atoms with E-state index in [1.165, 1.54) is 13.0 Å². The molecule has 1 saturated carbocycles. The van der Waals surface area contributed by atoms with Gasteiger partial charge in [0.15, 0.2) is 6.10 Å². The van der Waals surface area contributed by atoms with E-state index in [1.54, 1.807) is 0 Å². The number of rotatable bonds is 7. The average Bonchev–Trinajstić information content (AvgIpc) is 3.47. The van der Waals surface area contributed by atoms with Crippen molar-refractivity contribution in [3.05, 3.63) is 56.6 Å². The smallest absolute Gasteiger partial charge is 0.340 e. The molecule has 0 aromatic heterocycles. The molecule has 3 rings (SSSR count). The van der Waals surface area contributed by atoms with Gasteiger partial charge in [-0.05, 0) is 63.8 Å². The third-order valence-electron chi connectivity index (χ3n) is 5.01. The third-order valence-corrected chi connectivity index (χ3v) is 7.31. The lowest BCUT2D eigenvalue weighted by molar-refractivity contribution is -0.123. The minimum Gasteiger partial charge on any atom is -0.449 e. The molecular weight excluding hydrogens is 475 g/mol. The summed E-state index contributed by atoms with van der Waals surface area (Å²) in [6.45, 7) is 7.12. The number of carbonyl (C=O) groups excluding carboxylic acids is 2. The average molecular weight is 499 g/mol. The molecule has 0 bridgehead atoms. The summed E-state index contributed by atoms with van der Waals surface area (Å²) < 4.78 is 32.9. The molecule has 1 atom stereocenters. The van der Waals surface area contributed by atoms with Gasteiger partial charge in [0.05, 0.1) is 15.6 Å². The van der Waals surface area contributed by atoms with E-state index in [0.29, 0.717) is 5.69 Å². The van der Waals surface area contributed by atoms with Gasteiger partial charge in [-0.25, -0.2) is 17.9 Å². The first-order valence-electron chi connectivity index (χ1n) is 10.00. The molecule has 1 aliphatic rings. The van der Waals surface area contributed by atoms with Gasteiger partial charge >= 0.3 is 5.97 Å². The molecule has 7 nitrogen and oxygen atoms in total. The normalized spacial score (nSPS) is 14.7. The first-order valence-corrected chi connectivity index (χ1v) is 12.2. The van der Waals surface area contributed by atoms with Crippen LogP contribution in [-0.4, -0.2) is 32.4 Å². The van der Waals surface area contributed by atoms with Crippen LogP contribution in [0.25, 0.3) is 0 Å². The van der Waals surface area contributed by atoms with Crippen LogP contribution in [0, 0.1) is 20.8 Å². The van der Waals surface area contributed by atoms with E-state index in [2.05, 4.69) is 10.0 Å². The van der Waals surface area contributed by atoms with Gasteiger partial charge in [-0.3, -0.25) is 4.79 Å². The number of benzene rings is 2. The van der Waals surface area contributed by atoms with Crippen molar-refractivity contribution in [3.63, 3.8) is 0 Å². The second kappa shape index (κ2) is 9.39. The quantitative estimate of drug-likeness (QED) is 0.545. The Morgan fingerprint density at radius 3 is 2.19 bits per heavy atom. The Balaban J connectivity index is 1.77. The minimum absolute atomic E-state index is 0.0804. The highest BCUT2D eigenvalue weighted by Crippen LogP contribution is 2.31. The SMILES string of the molecule is Cc1cc(C)c(NC(=O)C(C)OC(=O)c2cc(S(=O)(=O)NC3CC3)c(Cl)cc2Cl)c(C)c1. The van der Waals surface area contributed by atoms with Crippen molar-refractivity contribution >= 4 is 50.8 Å². The number of hydrogen-bond acceptors (Lipinski definition) is 5. The van der Waals surface area contributed by atoms with E-state index >= 15 is 0 Å². The Bertz CT molecular complexity index is 1170. The van der Waals surface area contributed by atoms with Gasteiger partial charge in [0, 0.05) is 11.7 Å². The fourth-order valence-corrected chi connectivity index (χ4v) is 5.41.